The number of nitrogens with zero attached hydrogens (tertiary/aromatic N) is 1. The zero-order valence-electron chi connectivity index (χ0n) is 11.1. The van der Waals surface area contributed by atoms with E-state index in [9.17, 15) is 4.79 Å². The molecule has 4 nitrogen and oxygen atoms in total. The van der Waals surface area contributed by atoms with Crippen molar-refractivity contribution in [1.29, 1.82) is 0 Å². The third kappa shape index (κ3) is 3.12. The second-order valence-corrected chi connectivity index (χ2v) is 5.27. The first kappa shape index (κ1) is 13.5. The fraction of sp³-hybridized carbons (Fsp3) is 0.286. The van der Waals surface area contributed by atoms with Gasteiger partial charge in [-0.3, -0.25) is 4.79 Å². The predicted octanol–water partition coefficient (Wildman–Crippen LogP) is 2.89. The van der Waals surface area contributed by atoms with Crippen LogP contribution in [0.2, 0.25) is 0 Å². The van der Waals surface area contributed by atoms with Gasteiger partial charge in [-0.2, -0.15) is 0 Å². The van der Waals surface area contributed by atoms with Gasteiger partial charge in [-0.05, 0) is 24.6 Å². The lowest BCUT2D eigenvalue weighted by molar-refractivity contribution is 0.0996. The van der Waals surface area contributed by atoms with Crippen LogP contribution in [0.4, 0.5) is 0 Å². The van der Waals surface area contributed by atoms with E-state index in [-0.39, 0.29) is 5.78 Å². The lowest BCUT2D eigenvalue weighted by atomic mass is 10.1. The molecule has 2 rings (SSSR count). The van der Waals surface area contributed by atoms with Crippen molar-refractivity contribution in [1.82, 2.24) is 4.98 Å². The van der Waals surface area contributed by atoms with Crippen molar-refractivity contribution < 1.29 is 14.3 Å². The molecule has 0 aliphatic carbocycles. The molecule has 1 aromatic carbocycles. The van der Waals surface area contributed by atoms with Gasteiger partial charge in [-0.25, -0.2) is 4.98 Å². The number of Topliss-reactive ketones (excluding diaryl/α,β-unsaturated/α-hetero) is 1. The number of carbonyl (C=O) groups is 1. The summed E-state index contributed by atoms with van der Waals surface area (Å²) in [6.45, 7) is 1.89. The molecule has 2 aromatic rings. The van der Waals surface area contributed by atoms with Crippen LogP contribution in [0.1, 0.15) is 20.2 Å². The lowest BCUT2D eigenvalue weighted by Gasteiger charge is -2.08. The van der Waals surface area contributed by atoms with Gasteiger partial charge in [0.25, 0.3) is 0 Å². The molecule has 0 radical (unpaired) electrons. The number of rotatable bonds is 5. The molecule has 0 aliphatic rings. The summed E-state index contributed by atoms with van der Waals surface area (Å²) in [6.07, 6.45) is 1.96. The summed E-state index contributed by atoms with van der Waals surface area (Å²) in [5, 5.41) is 0.899. The van der Waals surface area contributed by atoms with Crippen molar-refractivity contribution in [3.05, 3.63) is 39.8 Å². The largest absolute Gasteiger partial charge is 0.493 e. The number of hydrogen-bond donors (Lipinski definition) is 0. The number of benzene rings is 1. The number of ether oxygens (including phenoxy) is 2. The molecule has 0 saturated heterocycles. The van der Waals surface area contributed by atoms with Crippen molar-refractivity contribution in [2.24, 2.45) is 0 Å². The normalized spacial score (nSPS) is 10.3. The molecule has 5 heteroatoms. The average molecular weight is 277 g/mol. The van der Waals surface area contributed by atoms with Crippen LogP contribution < -0.4 is 9.47 Å². The minimum atomic E-state index is 0.0674. The Morgan fingerprint density at radius 1 is 1.26 bits per heavy atom. The van der Waals surface area contributed by atoms with E-state index in [0.29, 0.717) is 22.8 Å². The Hall–Kier alpha value is -1.88. The van der Waals surface area contributed by atoms with E-state index in [1.165, 1.54) is 11.3 Å². The number of aromatic nitrogens is 1. The molecule has 0 amide bonds. The second-order valence-electron chi connectivity index (χ2n) is 4.03. The van der Waals surface area contributed by atoms with Crippen LogP contribution in [-0.2, 0) is 6.42 Å². The number of methoxy groups -OCH3 is 2. The molecule has 19 heavy (non-hydrogen) atoms. The highest BCUT2D eigenvalue weighted by atomic mass is 32.1. The molecule has 100 valence electrons. The first-order chi connectivity index (χ1) is 9.13. The van der Waals surface area contributed by atoms with Gasteiger partial charge in [-0.15, -0.1) is 11.3 Å². The summed E-state index contributed by atoms with van der Waals surface area (Å²) in [7, 11) is 3.17. The van der Waals surface area contributed by atoms with Crippen LogP contribution in [0, 0.1) is 6.92 Å². The van der Waals surface area contributed by atoms with Gasteiger partial charge in [0, 0.05) is 12.6 Å². The van der Waals surface area contributed by atoms with Crippen LogP contribution in [0.5, 0.6) is 11.5 Å². The third-order valence-electron chi connectivity index (χ3n) is 2.71. The molecule has 0 atom stereocenters. The average Bonchev–Trinajstić information content (AvgIpc) is 2.85. The smallest absolute Gasteiger partial charge is 0.178 e. The van der Waals surface area contributed by atoms with Gasteiger partial charge >= 0.3 is 0 Å². The van der Waals surface area contributed by atoms with Crippen molar-refractivity contribution in [2.75, 3.05) is 14.2 Å². The Morgan fingerprint density at radius 3 is 2.58 bits per heavy atom. The first-order valence-electron chi connectivity index (χ1n) is 5.80. The molecular formula is C14H15NO3S. The van der Waals surface area contributed by atoms with Crippen molar-refractivity contribution in [3.63, 3.8) is 0 Å². The third-order valence-corrected chi connectivity index (χ3v) is 3.66. The van der Waals surface area contributed by atoms with Crippen LogP contribution in [0.15, 0.2) is 24.4 Å². The maximum atomic E-state index is 12.1. The van der Waals surface area contributed by atoms with E-state index in [1.807, 2.05) is 19.1 Å². The van der Waals surface area contributed by atoms with Gasteiger partial charge in [0.1, 0.15) is 0 Å². The molecule has 0 aliphatic heterocycles. The lowest BCUT2D eigenvalue weighted by Crippen LogP contribution is -2.02. The molecule has 1 heterocycles. The standard InChI is InChI=1S/C14H15NO3S/c1-9-15-8-14(19-9)11(16)6-10-4-5-12(17-2)13(7-10)18-3/h4-5,7-8H,6H2,1-3H3. The molecule has 0 fully saturated rings. The maximum absolute atomic E-state index is 12.1. The Labute approximate surface area is 116 Å². The van der Waals surface area contributed by atoms with Crippen molar-refractivity contribution in [3.8, 4) is 11.5 Å². The summed E-state index contributed by atoms with van der Waals surface area (Å²) < 4.78 is 10.4. The quantitative estimate of drug-likeness (QED) is 0.788. The molecule has 0 N–H and O–H groups in total. The highest BCUT2D eigenvalue weighted by Crippen LogP contribution is 2.28. The fourth-order valence-electron chi connectivity index (χ4n) is 1.75. The van der Waals surface area contributed by atoms with E-state index >= 15 is 0 Å². The van der Waals surface area contributed by atoms with E-state index in [2.05, 4.69) is 4.98 Å². The number of hydrogen-bond acceptors (Lipinski definition) is 5. The Kier molecular flexibility index (Phi) is 4.16. The molecule has 0 unspecified atom stereocenters. The zero-order valence-corrected chi connectivity index (χ0v) is 11.9. The zero-order chi connectivity index (χ0) is 13.8. The summed E-state index contributed by atoms with van der Waals surface area (Å²) in [5.74, 6) is 1.36. The molecule has 1 aromatic heterocycles. The van der Waals surface area contributed by atoms with Gasteiger partial charge in [0.05, 0.1) is 24.1 Å². The topological polar surface area (TPSA) is 48.4 Å². The van der Waals surface area contributed by atoms with Crippen LogP contribution in [-0.4, -0.2) is 25.0 Å². The maximum Gasteiger partial charge on any atom is 0.178 e. The first-order valence-corrected chi connectivity index (χ1v) is 6.62. The summed E-state index contributed by atoms with van der Waals surface area (Å²) in [4.78, 5) is 16.9. The Morgan fingerprint density at radius 2 is 2.00 bits per heavy atom. The molecule has 0 spiro atoms. The predicted molar refractivity (Wildman–Crippen MR) is 74.4 cm³/mol. The van der Waals surface area contributed by atoms with Gasteiger partial charge in [0.2, 0.25) is 0 Å². The number of carbonyl (C=O) groups excluding carboxylic acids is 1. The highest BCUT2D eigenvalue weighted by Gasteiger charge is 2.12. The minimum Gasteiger partial charge on any atom is -0.493 e. The monoisotopic (exact) mass is 277 g/mol. The molecule has 0 saturated carbocycles. The highest BCUT2D eigenvalue weighted by molar-refractivity contribution is 7.13. The molecular weight excluding hydrogens is 262 g/mol. The van der Waals surface area contributed by atoms with Gasteiger partial charge in [0.15, 0.2) is 17.3 Å². The van der Waals surface area contributed by atoms with E-state index in [0.717, 1.165) is 10.6 Å². The Balaban J connectivity index is 2.17. The fourth-order valence-corrected chi connectivity index (χ4v) is 2.47. The number of thiazole rings is 1. The van der Waals surface area contributed by atoms with Crippen LogP contribution in [0.25, 0.3) is 0 Å². The van der Waals surface area contributed by atoms with Crippen LogP contribution in [0.3, 0.4) is 0 Å². The number of ketones is 1. The van der Waals surface area contributed by atoms with E-state index in [4.69, 9.17) is 9.47 Å². The Bertz CT molecular complexity index is 592. The van der Waals surface area contributed by atoms with E-state index < -0.39 is 0 Å². The minimum absolute atomic E-state index is 0.0674. The van der Waals surface area contributed by atoms with Crippen molar-refractivity contribution >= 4 is 17.1 Å². The SMILES string of the molecule is COc1ccc(CC(=O)c2cnc(C)s2)cc1OC. The van der Waals surface area contributed by atoms with Crippen molar-refractivity contribution in [2.45, 2.75) is 13.3 Å². The molecule has 0 bridgehead atoms. The summed E-state index contributed by atoms with van der Waals surface area (Å²) in [6, 6.07) is 5.50. The van der Waals surface area contributed by atoms with E-state index in [1.54, 1.807) is 26.5 Å². The number of aryl methyl sites for hydroxylation is 1. The van der Waals surface area contributed by atoms with Crippen LogP contribution >= 0.6 is 11.3 Å². The summed E-state index contributed by atoms with van der Waals surface area (Å²) in [5.41, 5.74) is 0.897. The van der Waals surface area contributed by atoms with Gasteiger partial charge < -0.3 is 9.47 Å². The second kappa shape index (κ2) is 5.84. The van der Waals surface area contributed by atoms with Gasteiger partial charge in [-0.1, -0.05) is 6.07 Å². The summed E-state index contributed by atoms with van der Waals surface area (Å²) >= 11 is 1.42.